The van der Waals surface area contributed by atoms with E-state index >= 15 is 0 Å². The lowest BCUT2D eigenvalue weighted by Gasteiger charge is -2.24. The number of ether oxygens (including phenoxy) is 1. The summed E-state index contributed by atoms with van der Waals surface area (Å²) < 4.78 is 20.3. The molecule has 0 bridgehead atoms. The number of hydrogen-bond donors (Lipinski definition) is 4. The van der Waals surface area contributed by atoms with Crippen LogP contribution in [0.3, 0.4) is 0 Å². The number of hydrogen-bond acceptors (Lipinski definition) is 6. The van der Waals surface area contributed by atoms with Crippen LogP contribution in [-0.4, -0.2) is 41.3 Å². The number of aliphatic imine (C=N–C) groups is 1. The molecule has 1 aliphatic heterocycles. The van der Waals surface area contributed by atoms with Crippen molar-refractivity contribution in [3.05, 3.63) is 63.7 Å². The molecule has 1 aromatic rings. The Hall–Kier alpha value is -2.19. The molecule has 0 saturated heterocycles. The van der Waals surface area contributed by atoms with Crippen molar-refractivity contribution >= 4 is 17.8 Å². The van der Waals surface area contributed by atoms with Gasteiger partial charge in [-0.3, -0.25) is 4.99 Å². The number of allylic oxidation sites excluding steroid dienone is 2. The Morgan fingerprint density at radius 2 is 2.13 bits per heavy atom. The molecule has 6 nitrogen and oxygen atoms in total. The van der Waals surface area contributed by atoms with Crippen LogP contribution in [-0.2, 0) is 13.0 Å². The quantitative estimate of drug-likeness (QED) is 0.520. The van der Waals surface area contributed by atoms with Gasteiger partial charge in [0.05, 0.1) is 11.8 Å². The van der Waals surface area contributed by atoms with Gasteiger partial charge in [0, 0.05) is 46.5 Å². The molecule has 0 radical (unpaired) electrons. The highest BCUT2D eigenvalue weighted by Crippen LogP contribution is 2.46. The summed E-state index contributed by atoms with van der Waals surface area (Å²) in [6.45, 7) is 6.77. The molecule has 4 rings (SSSR count). The van der Waals surface area contributed by atoms with Crippen LogP contribution in [0.15, 0.2) is 51.8 Å². The third kappa shape index (κ3) is 3.91. The van der Waals surface area contributed by atoms with Gasteiger partial charge in [-0.2, -0.15) is 0 Å². The molecule has 1 aromatic carbocycles. The first-order chi connectivity index (χ1) is 14.8. The third-order valence-electron chi connectivity index (χ3n) is 6.32. The highest BCUT2D eigenvalue weighted by molar-refractivity contribution is 6.33. The molecule has 0 amide bonds. The fourth-order valence-electron chi connectivity index (χ4n) is 4.85. The second kappa shape index (κ2) is 8.74. The maximum atomic E-state index is 14.2. The van der Waals surface area contributed by atoms with E-state index in [1.165, 1.54) is 6.07 Å². The molecule has 5 atom stereocenters. The number of benzene rings is 1. The Morgan fingerprint density at radius 3 is 2.84 bits per heavy atom. The van der Waals surface area contributed by atoms with Crippen molar-refractivity contribution < 1.29 is 19.3 Å². The van der Waals surface area contributed by atoms with Crippen molar-refractivity contribution in [2.75, 3.05) is 6.54 Å². The minimum Gasteiger partial charge on any atom is -0.487 e. The van der Waals surface area contributed by atoms with E-state index in [2.05, 4.69) is 16.9 Å². The second-order valence-corrected chi connectivity index (χ2v) is 8.59. The molecule has 1 heterocycles. The Balaban J connectivity index is 1.60. The maximum absolute atomic E-state index is 14.2. The van der Waals surface area contributed by atoms with Crippen molar-refractivity contribution in [1.82, 2.24) is 5.32 Å². The molecule has 8 heteroatoms. The average Bonchev–Trinajstić information content (AvgIpc) is 3.21. The van der Waals surface area contributed by atoms with Crippen LogP contribution in [0.2, 0.25) is 0 Å². The number of rotatable bonds is 5. The van der Waals surface area contributed by atoms with Crippen LogP contribution in [0.1, 0.15) is 24.5 Å². The van der Waals surface area contributed by atoms with E-state index in [4.69, 9.17) is 22.1 Å². The van der Waals surface area contributed by atoms with Crippen molar-refractivity contribution in [2.24, 2.45) is 22.6 Å². The van der Waals surface area contributed by atoms with Crippen LogP contribution in [0.25, 0.3) is 0 Å². The molecule has 1 saturated carbocycles. The van der Waals surface area contributed by atoms with Gasteiger partial charge in [-0.1, -0.05) is 24.3 Å². The van der Waals surface area contributed by atoms with Gasteiger partial charge in [0.25, 0.3) is 0 Å². The Morgan fingerprint density at radius 1 is 1.35 bits per heavy atom. The summed E-state index contributed by atoms with van der Waals surface area (Å²) in [6, 6.07) is 2.98. The standard InChI is InChI=1S/C23H27ClFN3O3/c1-3-28-21-13(8-16(24)20(21)11(2)26)14-9-19(23(30)22(14)29)31-18-5-4-17(25)12-6-7-27-10-15(12)18/h3-5,8,13-14,19,22-23,27,29-30H,2,6-7,9-10,26H2,1H3/t13?,14?,19?,22-,23+/m0/s1. The molecule has 0 aromatic heterocycles. The van der Waals surface area contributed by atoms with Gasteiger partial charge in [0.15, 0.2) is 0 Å². The topological polar surface area (TPSA) is 100 Å². The molecular formula is C23H27ClFN3O3. The van der Waals surface area contributed by atoms with Crippen LogP contribution >= 0.6 is 11.6 Å². The predicted molar refractivity (Wildman–Crippen MR) is 118 cm³/mol. The van der Waals surface area contributed by atoms with E-state index in [1.54, 1.807) is 25.3 Å². The first-order valence-corrected chi connectivity index (χ1v) is 10.8. The highest BCUT2D eigenvalue weighted by Gasteiger charge is 2.48. The summed E-state index contributed by atoms with van der Waals surface area (Å²) in [6.07, 6.45) is 1.59. The summed E-state index contributed by atoms with van der Waals surface area (Å²) in [7, 11) is 0. The first-order valence-electron chi connectivity index (χ1n) is 10.4. The molecule has 166 valence electrons. The zero-order valence-electron chi connectivity index (χ0n) is 17.3. The lowest BCUT2D eigenvalue weighted by Crippen LogP contribution is -2.35. The highest BCUT2D eigenvalue weighted by atomic mass is 35.5. The Bertz CT molecular complexity index is 991. The van der Waals surface area contributed by atoms with Crippen molar-refractivity contribution in [2.45, 2.75) is 44.6 Å². The van der Waals surface area contributed by atoms with E-state index in [9.17, 15) is 14.6 Å². The lowest BCUT2D eigenvalue weighted by molar-refractivity contribution is -0.0209. The average molecular weight is 448 g/mol. The number of nitrogens with one attached hydrogen (secondary N) is 1. The van der Waals surface area contributed by atoms with E-state index < -0.39 is 18.3 Å². The van der Waals surface area contributed by atoms with Crippen molar-refractivity contribution in [1.29, 1.82) is 0 Å². The number of nitrogens with two attached hydrogens (primary N) is 1. The molecule has 3 aliphatic rings. The number of aliphatic hydroxyl groups excluding tert-OH is 2. The van der Waals surface area contributed by atoms with E-state index in [0.717, 1.165) is 5.56 Å². The van der Waals surface area contributed by atoms with Crippen LogP contribution in [0, 0.1) is 17.7 Å². The fourth-order valence-corrected chi connectivity index (χ4v) is 5.20. The molecule has 3 unspecified atom stereocenters. The largest absolute Gasteiger partial charge is 0.487 e. The normalized spacial score (nSPS) is 30.6. The molecule has 5 N–H and O–H groups in total. The summed E-state index contributed by atoms with van der Waals surface area (Å²) in [4.78, 5) is 4.43. The van der Waals surface area contributed by atoms with Gasteiger partial charge in [-0.05, 0) is 44.0 Å². The summed E-state index contributed by atoms with van der Waals surface area (Å²) in [5.41, 5.74) is 8.81. The molecule has 31 heavy (non-hydrogen) atoms. The minimum absolute atomic E-state index is 0.249. The van der Waals surface area contributed by atoms with Crippen LogP contribution < -0.4 is 15.8 Å². The van der Waals surface area contributed by atoms with Crippen molar-refractivity contribution in [3.8, 4) is 5.75 Å². The van der Waals surface area contributed by atoms with E-state index in [-0.39, 0.29) is 17.7 Å². The third-order valence-corrected chi connectivity index (χ3v) is 6.64. The van der Waals surface area contributed by atoms with Gasteiger partial charge in [0.1, 0.15) is 23.8 Å². The van der Waals surface area contributed by atoms with Gasteiger partial charge < -0.3 is 26.0 Å². The molecule has 1 fully saturated rings. The van der Waals surface area contributed by atoms with Crippen LogP contribution in [0.4, 0.5) is 4.39 Å². The van der Waals surface area contributed by atoms with Crippen molar-refractivity contribution in [3.63, 3.8) is 0 Å². The molecule has 2 aliphatic carbocycles. The Labute approximate surface area is 186 Å². The number of aliphatic hydroxyl groups is 2. The molecular weight excluding hydrogens is 421 g/mol. The minimum atomic E-state index is -1.11. The number of halogens is 2. The summed E-state index contributed by atoms with van der Waals surface area (Å²) in [5.74, 6) is -0.431. The summed E-state index contributed by atoms with van der Waals surface area (Å²) in [5, 5.41) is 25.3. The zero-order valence-corrected chi connectivity index (χ0v) is 18.1. The second-order valence-electron chi connectivity index (χ2n) is 8.18. The number of fused-ring (bicyclic) bond motifs is 1. The lowest BCUT2D eigenvalue weighted by atomic mass is 9.87. The van der Waals surface area contributed by atoms with E-state index in [1.807, 2.05) is 0 Å². The fraction of sp³-hybridized carbons (Fsp3) is 0.435. The summed E-state index contributed by atoms with van der Waals surface area (Å²) >= 11 is 6.39. The smallest absolute Gasteiger partial charge is 0.127 e. The Kier molecular flexibility index (Phi) is 6.21. The van der Waals surface area contributed by atoms with Gasteiger partial charge >= 0.3 is 0 Å². The first kappa shape index (κ1) is 22.0. The maximum Gasteiger partial charge on any atom is 0.127 e. The SMILES string of the molecule is C=C(N)C1=C(N=CC)C(C2CC(Oc3ccc(F)c4c3CNCC4)[C@@H](O)[C@H]2O)C=C1Cl. The van der Waals surface area contributed by atoms with Gasteiger partial charge in [0.2, 0.25) is 0 Å². The van der Waals surface area contributed by atoms with Crippen LogP contribution in [0.5, 0.6) is 5.75 Å². The van der Waals surface area contributed by atoms with Gasteiger partial charge in [-0.15, -0.1) is 0 Å². The van der Waals surface area contributed by atoms with Gasteiger partial charge in [-0.25, -0.2) is 4.39 Å². The van der Waals surface area contributed by atoms with E-state index in [0.29, 0.717) is 59.2 Å². The monoisotopic (exact) mass is 447 g/mol. The predicted octanol–water partition coefficient (Wildman–Crippen LogP) is 2.53. The number of nitrogens with zero attached hydrogens (tertiary/aromatic N) is 1. The zero-order chi connectivity index (χ0) is 22.3. The molecule has 0 spiro atoms.